The van der Waals surface area contributed by atoms with Crippen molar-refractivity contribution in [2.75, 3.05) is 6.54 Å². The van der Waals surface area contributed by atoms with Crippen LogP contribution < -0.4 is 5.32 Å². The molecule has 3 atom stereocenters. The lowest BCUT2D eigenvalue weighted by Gasteiger charge is -2.28. The normalized spacial score (nSPS) is 23.9. The molecule has 124 valence electrons. The molecule has 1 aliphatic heterocycles. The minimum atomic E-state index is -0.999. The molecular weight excluding hydrogens is 296 g/mol. The third-order valence-corrected chi connectivity index (χ3v) is 3.97. The van der Waals surface area contributed by atoms with Crippen molar-refractivity contribution in [2.24, 2.45) is 5.92 Å². The van der Waals surface area contributed by atoms with Crippen LogP contribution in [0.3, 0.4) is 0 Å². The van der Waals surface area contributed by atoms with Crippen molar-refractivity contribution < 1.29 is 19.4 Å². The predicted octanol–water partition coefficient (Wildman–Crippen LogP) is 2.86. The van der Waals surface area contributed by atoms with E-state index in [2.05, 4.69) is 5.32 Å². The molecule has 23 heavy (non-hydrogen) atoms. The van der Waals surface area contributed by atoms with Crippen molar-refractivity contribution in [3.63, 3.8) is 0 Å². The Bertz CT molecular complexity index is 573. The molecule has 2 rings (SSSR count). The number of carbonyl (C=O) groups is 2. The number of carboxylic acid groups (broad SMARTS) is 1. The summed E-state index contributed by atoms with van der Waals surface area (Å²) in [7, 11) is 0. The molecule has 0 aromatic heterocycles. The summed E-state index contributed by atoms with van der Waals surface area (Å²) in [6.45, 7) is 4.16. The summed E-state index contributed by atoms with van der Waals surface area (Å²) < 4.78 is 5.20. The number of hydrogen-bond acceptors (Lipinski definition) is 3. The molecule has 0 aliphatic carbocycles. The average molecular weight is 318 g/mol. The molecule has 0 saturated heterocycles. The lowest BCUT2D eigenvalue weighted by atomic mass is 10.0. The van der Waals surface area contributed by atoms with Gasteiger partial charge in [0.15, 0.2) is 0 Å². The highest BCUT2D eigenvalue weighted by Gasteiger charge is 2.29. The minimum Gasteiger partial charge on any atom is -0.465 e. The second kappa shape index (κ2) is 7.67. The van der Waals surface area contributed by atoms with Gasteiger partial charge in [-0.05, 0) is 18.4 Å². The van der Waals surface area contributed by atoms with E-state index in [0.29, 0.717) is 0 Å². The van der Waals surface area contributed by atoms with Crippen LogP contribution in [-0.4, -0.2) is 40.8 Å². The zero-order valence-corrected chi connectivity index (χ0v) is 13.3. The highest BCUT2D eigenvalue weighted by atomic mass is 16.5. The number of hydrogen-bond donors (Lipinski definition) is 2. The minimum absolute atomic E-state index is 0.0195. The van der Waals surface area contributed by atoms with Crippen LogP contribution in [0.5, 0.6) is 0 Å². The van der Waals surface area contributed by atoms with Crippen molar-refractivity contribution in [1.82, 2.24) is 10.2 Å². The Kier molecular flexibility index (Phi) is 5.62. The Hall–Kier alpha value is -2.50. The van der Waals surface area contributed by atoms with Gasteiger partial charge in [0, 0.05) is 6.54 Å². The number of carbonyl (C=O) groups excluding carboxylic acids is 1. The van der Waals surface area contributed by atoms with Crippen LogP contribution in [0.4, 0.5) is 9.59 Å². The molecule has 0 spiro atoms. The molecule has 2 amide bonds. The van der Waals surface area contributed by atoms with E-state index < -0.39 is 12.2 Å². The maximum Gasteiger partial charge on any atom is 0.407 e. The number of alkyl carbamates (subject to hydrolysis) is 1. The molecule has 0 bridgehead atoms. The fourth-order valence-corrected chi connectivity index (χ4v) is 2.46. The van der Waals surface area contributed by atoms with Gasteiger partial charge in [-0.1, -0.05) is 49.4 Å². The molecule has 2 N–H and O–H groups in total. The SMILES string of the molecule is C[C@@H]1C=C[C@H](C)[C@@H](NC(=O)OCc2ccccc2)CN1C(=O)O. The lowest BCUT2D eigenvalue weighted by molar-refractivity contribution is 0.116. The van der Waals surface area contributed by atoms with Crippen molar-refractivity contribution in [1.29, 1.82) is 0 Å². The summed E-state index contributed by atoms with van der Waals surface area (Å²) in [6, 6.07) is 8.85. The smallest absolute Gasteiger partial charge is 0.407 e. The second-order valence-electron chi connectivity index (χ2n) is 5.73. The molecule has 6 heteroatoms. The van der Waals surface area contributed by atoms with E-state index in [1.54, 1.807) is 0 Å². The third-order valence-electron chi connectivity index (χ3n) is 3.97. The van der Waals surface area contributed by atoms with E-state index in [9.17, 15) is 14.7 Å². The Labute approximate surface area is 135 Å². The lowest BCUT2D eigenvalue weighted by Crippen LogP contribution is -2.49. The van der Waals surface area contributed by atoms with Gasteiger partial charge in [-0.3, -0.25) is 0 Å². The number of rotatable bonds is 3. The van der Waals surface area contributed by atoms with Gasteiger partial charge >= 0.3 is 12.2 Å². The molecule has 0 saturated carbocycles. The zero-order chi connectivity index (χ0) is 16.8. The first-order chi connectivity index (χ1) is 11.0. The van der Waals surface area contributed by atoms with Crippen molar-refractivity contribution in [3.8, 4) is 0 Å². The Balaban J connectivity index is 1.93. The van der Waals surface area contributed by atoms with Gasteiger partial charge < -0.3 is 20.1 Å². The standard InChI is InChI=1S/C17H22N2O4/c1-12-8-9-13(2)19(17(21)22)10-15(12)18-16(20)23-11-14-6-4-3-5-7-14/h3-9,12-13,15H,10-11H2,1-2H3,(H,18,20)(H,21,22)/t12-,13+,15-/m0/s1. The van der Waals surface area contributed by atoms with E-state index in [-0.39, 0.29) is 31.2 Å². The summed E-state index contributed by atoms with van der Waals surface area (Å²) in [6.07, 6.45) is 2.23. The van der Waals surface area contributed by atoms with E-state index >= 15 is 0 Å². The zero-order valence-electron chi connectivity index (χ0n) is 13.3. The summed E-state index contributed by atoms with van der Waals surface area (Å²) in [5, 5.41) is 12.0. The number of nitrogens with one attached hydrogen (secondary N) is 1. The average Bonchev–Trinajstić information content (AvgIpc) is 2.67. The largest absolute Gasteiger partial charge is 0.465 e. The van der Waals surface area contributed by atoms with E-state index in [4.69, 9.17) is 4.74 Å². The fourth-order valence-electron chi connectivity index (χ4n) is 2.46. The molecule has 0 fully saturated rings. The molecular formula is C17H22N2O4. The first-order valence-corrected chi connectivity index (χ1v) is 7.62. The van der Waals surface area contributed by atoms with Crippen LogP contribution in [-0.2, 0) is 11.3 Å². The monoisotopic (exact) mass is 318 g/mol. The molecule has 0 radical (unpaired) electrons. The van der Waals surface area contributed by atoms with Gasteiger partial charge in [-0.15, -0.1) is 0 Å². The Morgan fingerprint density at radius 3 is 2.61 bits per heavy atom. The van der Waals surface area contributed by atoms with Gasteiger partial charge in [0.1, 0.15) is 6.61 Å². The first kappa shape index (κ1) is 16.9. The van der Waals surface area contributed by atoms with Gasteiger partial charge in [0.2, 0.25) is 0 Å². The summed E-state index contributed by atoms with van der Waals surface area (Å²) >= 11 is 0. The maximum atomic E-state index is 12.0. The Morgan fingerprint density at radius 1 is 1.26 bits per heavy atom. The summed E-state index contributed by atoms with van der Waals surface area (Å²) in [5.74, 6) is 0.0195. The van der Waals surface area contributed by atoms with Crippen molar-refractivity contribution in [2.45, 2.75) is 32.5 Å². The van der Waals surface area contributed by atoms with Crippen molar-refractivity contribution >= 4 is 12.2 Å². The van der Waals surface area contributed by atoms with Crippen LogP contribution in [0.25, 0.3) is 0 Å². The quantitative estimate of drug-likeness (QED) is 0.840. The van der Waals surface area contributed by atoms with Crippen LogP contribution in [0.15, 0.2) is 42.5 Å². The van der Waals surface area contributed by atoms with Gasteiger partial charge in [-0.2, -0.15) is 0 Å². The molecule has 1 aromatic carbocycles. The highest BCUT2D eigenvalue weighted by molar-refractivity contribution is 5.69. The van der Waals surface area contributed by atoms with E-state index in [1.807, 2.05) is 56.3 Å². The number of amides is 2. The number of benzene rings is 1. The molecule has 1 aliphatic rings. The molecule has 0 unspecified atom stereocenters. The van der Waals surface area contributed by atoms with E-state index in [1.165, 1.54) is 4.90 Å². The van der Waals surface area contributed by atoms with Gasteiger partial charge in [0.25, 0.3) is 0 Å². The van der Waals surface area contributed by atoms with Gasteiger partial charge in [0.05, 0.1) is 12.1 Å². The second-order valence-corrected chi connectivity index (χ2v) is 5.73. The number of nitrogens with zero attached hydrogens (tertiary/aromatic N) is 1. The first-order valence-electron chi connectivity index (χ1n) is 7.62. The van der Waals surface area contributed by atoms with Crippen LogP contribution in [0.1, 0.15) is 19.4 Å². The third kappa shape index (κ3) is 4.74. The predicted molar refractivity (Wildman–Crippen MR) is 86.0 cm³/mol. The molecule has 1 heterocycles. The van der Waals surface area contributed by atoms with Crippen LogP contribution in [0, 0.1) is 5.92 Å². The fraction of sp³-hybridized carbons (Fsp3) is 0.412. The highest BCUT2D eigenvalue weighted by Crippen LogP contribution is 2.16. The Morgan fingerprint density at radius 2 is 1.96 bits per heavy atom. The summed E-state index contributed by atoms with van der Waals surface area (Å²) in [4.78, 5) is 24.6. The topological polar surface area (TPSA) is 78.9 Å². The molecule has 1 aromatic rings. The van der Waals surface area contributed by atoms with E-state index in [0.717, 1.165) is 5.56 Å². The number of ether oxygens (including phenoxy) is 1. The molecule has 6 nitrogen and oxygen atoms in total. The van der Waals surface area contributed by atoms with Gasteiger partial charge in [-0.25, -0.2) is 9.59 Å². The van der Waals surface area contributed by atoms with Crippen LogP contribution >= 0.6 is 0 Å². The summed E-state index contributed by atoms with van der Waals surface area (Å²) in [5.41, 5.74) is 0.900. The van der Waals surface area contributed by atoms with Crippen LogP contribution in [0.2, 0.25) is 0 Å². The van der Waals surface area contributed by atoms with Crippen molar-refractivity contribution in [3.05, 3.63) is 48.0 Å². The maximum absolute atomic E-state index is 12.0.